The number of benzene rings is 1. The van der Waals surface area contributed by atoms with Gasteiger partial charge in [-0.25, -0.2) is 9.18 Å². The van der Waals surface area contributed by atoms with E-state index in [1.165, 1.54) is 11.0 Å². The molecule has 1 aromatic heterocycles. The normalized spacial score (nSPS) is 18.1. The smallest absolute Gasteiger partial charge is 0.322 e. The van der Waals surface area contributed by atoms with Gasteiger partial charge >= 0.3 is 6.03 Å². The number of rotatable bonds is 5. The molecule has 6 nitrogen and oxygen atoms in total. The molecule has 0 spiro atoms. The number of anilines is 1. The number of carbonyl (C=O) groups is 1. The van der Waals surface area contributed by atoms with Crippen molar-refractivity contribution in [2.24, 2.45) is 0 Å². The maximum Gasteiger partial charge on any atom is 0.322 e. The third-order valence-corrected chi connectivity index (χ3v) is 4.56. The minimum Gasteiger partial charge on any atom is -0.376 e. The second-order valence-corrected chi connectivity index (χ2v) is 6.32. The number of nitrogens with zero attached hydrogens (tertiary/aromatic N) is 3. The zero-order valence-corrected chi connectivity index (χ0v) is 14.5. The highest BCUT2D eigenvalue weighted by atomic mass is 19.1. The molecule has 0 unspecified atom stereocenters. The molecular formula is C18H23FN4O2. The van der Waals surface area contributed by atoms with Crippen molar-refractivity contribution >= 4 is 11.7 Å². The highest BCUT2D eigenvalue weighted by molar-refractivity contribution is 5.89. The van der Waals surface area contributed by atoms with E-state index in [1.54, 1.807) is 49.2 Å². The lowest BCUT2D eigenvalue weighted by Crippen LogP contribution is -2.33. The van der Waals surface area contributed by atoms with Crippen LogP contribution < -0.4 is 5.32 Å². The molecule has 2 heterocycles. The Balaban J connectivity index is 1.59. The van der Waals surface area contributed by atoms with Crippen molar-refractivity contribution < 1.29 is 13.9 Å². The van der Waals surface area contributed by atoms with Gasteiger partial charge in [-0.05, 0) is 25.8 Å². The summed E-state index contributed by atoms with van der Waals surface area (Å²) in [6, 6.07) is 5.77. The summed E-state index contributed by atoms with van der Waals surface area (Å²) in [5, 5.41) is 7.05. The van der Waals surface area contributed by atoms with Crippen molar-refractivity contribution in [2.75, 3.05) is 19.0 Å². The quantitative estimate of drug-likeness (QED) is 0.902. The zero-order chi connectivity index (χ0) is 17.8. The van der Waals surface area contributed by atoms with Gasteiger partial charge in [0.2, 0.25) is 0 Å². The van der Waals surface area contributed by atoms with E-state index in [0.29, 0.717) is 17.8 Å². The summed E-state index contributed by atoms with van der Waals surface area (Å²) in [5.41, 5.74) is 1.09. The van der Waals surface area contributed by atoms with E-state index in [2.05, 4.69) is 10.4 Å². The Labute approximate surface area is 146 Å². The van der Waals surface area contributed by atoms with Crippen molar-refractivity contribution in [2.45, 2.75) is 38.5 Å². The van der Waals surface area contributed by atoms with Gasteiger partial charge in [-0.15, -0.1) is 0 Å². The standard InChI is InChI=1S/C18H23FN4O2/c1-13(16-7-3-4-8-17(16)19)22(2)18(24)21-14-10-20-23(11-14)12-15-6-5-9-25-15/h3-4,7-8,10-11,13,15H,5-6,9,12H2,1-2H3,(H,21,24)/t13-,15-/m1/s1. The van der Waals surface area contributed by atoms with E-state index in [-0.39, 0.29) is 24.0 Å². The topological polar surface area (TPSA) is 59.4 Å². The average molecular weight is 346 g/mol. The van der Waals surface area contributed by atoms with E-state index in [1.807, 2.05) is 0 Å². The summed E-state index contributed by atoms with van der Waals surface area (Å²) in [6.07, 6.45) is 5.68. The lowest BCUT2D eigenvalue weighted by Gasteiger charge is -2.25. The summed E-state index contributed by atoms with van der Waals surface area (Å²) in [7, 11) is 1.64. The maximum absolute atomic E-state index is 13.9. The molecule has 1 N–H and O–H groups in total. The van der Waals surface area contributed by atoms with Gasteiger partial charge in [0.05, 0.1) is 30.6 Å². The monoisotopic (exact) mass is 346 g/mol. The molecule has 0 aliphatic carbocycles. The van der Waals surface area contributed by atoms with E-state index in [4.69, 9.17) is 4.74 Å². The van der Waals surface area contributed by atoms with Gasteiger partial charge < -0.3 is 15.0 Å². The molecule has 1 aliphatic heterocycles. The molecule has 1 fully saturated rings. The second-order valence-electron chi connectivity index (χ2n) is 6.32. The minimum atomic E-state index is -0.386. The largest absolute Gasteiger partial charge is 0.376 e. The van der Waals surface area contributed by atoms with Gasteiger partial charge in [0.1, 0.15) is 5.82 Å². The van der Waals surface area contributed by atoms with E-state index < -0.39 is 0 Å². The Morgan fingerprint density at radius 2 is 2.32 bits per heavy atom. The van der Waals surface area contributed by atoms with Crippen LogP contribution in [0.3, 0.4) is 0 Å². The van der Waals surface area contributed by atoms with Gasteiger partial charge in [0.25, 0.3) is 0 Å². The number of carbonyl (C=O) groups excluding carboxylic acids is 1. The van der Waals surface area contributed by atoms with Gasteiger partial charge in [-0.2, -0.15) is 5.10 Å². The SMILES string of the molecule is C[C@H](c1ccccc1F)N(C)C(=O)Nc1cnn(C[C@H]2CCCO2)c1. The molecule has 25 heavy (non-hydrogen) atoms. The lowest BCUT2D eigenvalue weighted by molar-refractivity contribution is 0.0940. The highest BCUT2D eigenvalue weighted by Crippen LogP contribution is 2.22. The first-order valence-electron chi connectivity index (χ1n) is 8.47. The maximum atomic E-state index is 13.9. The van der Waals surface area contributed by atoms with Crippen LogP contribution >= 0.6 is 0 Å². The molecule has 0 saturated carbocycles. The van der Waals surface area contributed by atoms with Crippen LogP contribution in [0.15, 0.2) is 36.7 Å². The van der Waals surface area contributed by atoms with Crippen LogP contribution in [0.25, 0.3) is 0 Å². The third-order valence-electron chi connectivity index (χ3n) is 4.56. The van der Waals surface area contributed by atoms with Gasteiger partial charge in [0, 0.05) is 25.4 Å². The molecule has 7 heteroatoms. The highest BCUT2D eigenvalue weighted by Gasteiger charge is 2.21. The molecule has 2 atom stereocenters. The van der Waals surface area contributed by atoms with E-state index in [9.17, 15) is 9.18 Å². The van der Waals surface area contributed by atoms with E-state index >= 15 is 0 Å². The first-order valence-corrected chi connectivity index (χ1v) is 8.47. The zero-order valence-electron chi connectivity index (χ0n) is 14.5. The number of halogens is 1. The molecule has 0 bridgehead atoms. The number of hydrogen-bond donors (Lipinski definition) is 1. The Bertz CT molecular complexity index is 727. The number of hydrogen-bond acceptors (Lipinski definition) is 3. The second kappa shape index (κ2) is 7.65. The van der Waals surface area contributed by atoms with Gasteiger partial charge in [-0.3, -0.25) is 4.68 Å². The van der Waals surface area contributed by atoms with Crippen LogP contribution in [0, 0.1) is 5.82 Å². The number of aromatic nitrogens is 2. The Morgan fingerprint density at radius 3 is 3.04 bits per heavy atom. The fourth-order valence-corrected chi connectivity index (χ4v) is 2.94. The first kappa shape index (κ1) is 17.4. The molecule has 0 radical (unpaired) electrons. The van der Waals surface area contributed by atoms with Crippen LogP contribution in [0.5, 0.6) is 0 Å². The van der Waals surface area contributed by atoms with Crippen LogP contribution in [-0.4, -0.2) is 40.5 Å². The molecule has 1 aliphatic rings. The summed E-state index contributed by atoms with van der Waals surface area (Å²) in [6.45, 7) is 3.27. The fourth-order valence-electron chi connectivity index (χ4n) is 2.94. The van der Waals surface area contributed by atoms with Crippen LogP contribution in [-0.2, 0) is 11.3 Å². The van der Waals surface area contributed by atoms with Crippen molar-refractivity contribution in [3.63, 3.8) is 0 Å². The average Bonchev–Trinajstić information content (AvgIpc) is 3.26. The van der Waals surface area contributed by atoms with Crippen LogP contribution in [0.4, 0.5) is 14.9 Å². The van der Waals surface area contributed by atoms with Crippen molar-refractivity contribution in [1.82, 2.24) is 14.7 Å². The van der Waals surface area contributed by atoms with Crippen LogP contribution in [0.2, 0.25) is 0 Å². The van der Waals surface area contributed by atoms with Gasteiger partial charge in [-0.1, -0.05) is 18.2 Å². The Morgan fingerprint density at radius 1 is 1.52 bits per heavy atom. The summed E-state index contributed by atoms with van der Waals surface area (Å²) in [5.74, 6) is -0.320. The minimum absolute atomic E-state index is 0.187. The molecule has 134 valence electrons. The molecular weight excluding hydrogens is 323 g/mol. The predicted molar refractivity (Wildman–Crippen MR) is 92.8 cm³/mol. The fraction of sp³-hybridized carbons (Fsp3) is 0.444. The molecule has 2 amide bonds. The van der Waals surface area contributed by atoms with E-state index in [0.717, 1.165) is 19.4 Å². The predicted octanol–water partition coefficient (Wildman–Crippen LogP) is 3.43. The van der Waals surface area contributed by atoms with Crippen LogP contribution in [0.1, 0.15) is 31.4 Å². The first-order chi connectivity index (χ1) is 12.0. The molecule has 1 aromatic carbocycles. The van der Waals surface area contributed by atoms with Gasteiger partial charge in [0.15, 0.2) is 0 Å². The summed E-state index contributed by atoms with van der Waals surface area (Å²) >= 11 is 0. The van der Waals surface area contributed by atoms with Crippen molar-refractivity contribution in [1.29, 1.82) is 0 Å². The number of ether oxygens (including phenoxy) is 1. The lowest BCUT2D eigenvalue weighted by atomic mass is 10.1. The van der Waals surface area contributed by atoms with Crippen molar-refractivity contribution in [3.05, 3.63) is 48.0 Å². The summed E-state index contributed by atoms with van der Waals surface area (Å²) in [4.78, 5) is 13.9. The number of urea groups is 1. The molecule has 3 rings (SSSR count). The molecule has 1 saturated heterocycles. The number of amides is 2. The summed E-state index contributed by atoms with van der Waals surface area (Å²) < 4.78 is 21.3. The molecule has 2 aromatic rings. The third kappa shape index (κ3) is 4.17. The van der Waals surface area contributed by atoms with Crippen molar-refractivity contribution in [3.8, 4) is 0 Å². The Hall–Kier alpha value is -2.41. The number of nitrogens with one attached hydrogen (secondary N) is 1. The Kier molecular flexibility index (Phi) is 5.33.